The average molecular weight is 656 g/mol. The van der Waals surface area contributed by atoms with Crippen molar-refractivity contribution in [1.82, 2.24) is 30.0 Å². The van der Waals surface area contributed by atoms with E-state index in [9.17, 15) is 9.18 Å². The molecule has 3 atom stereocenters. The summed E-state index contributed by atoms with van der Waals surface area (Å²) in [5.74, 6) is -0.485. The molecule has 8 heterocycles. The highest BCUT2D eigenvalue weighted by atomic mass is 35.5. The first-order valence-corrected chi connectivity index (χ1v) is 15.9. The predicted octanol–water partition coefficient (Wildman–Crippen LogP) is 4.48. The number of rotatable bonds is 3. The summed E-state index contributed by atoms with van der Waals surface area (Å²) in [5.41, 5.74) is 1.12. The number of hydrogen-bond acceptors (Lipinski definition) is 11. The number of anilines is 1. The number of hydrogen-bond donors (Lipinski definition) is 1. The van der Waals surface area contributed by atoms with Gasteiger partial charge in [0.1, 0.15) is 36.4 Å². The topological polar surface area (TPSA) is 128 Å². The Labute approximate surface area is 267 Å². The molecule has 0 radical (unpaired) electrons. The minimum Gasteiger partial charge on any atom is -0.461 e. The number of fused-ring (bicyclic) bond motifs is 8. The van der Waals surface area contributed by atoms with Crippen molar-refractivity contribution in [2.45, 2.75) is 37.4 Å². The molecule has 3 saturated heterocycles. The minimum absolute atomic E-state index is 0.00960. The Bertz CT molecular complexity index is 1830. The maximum absolute atomic E-state index is 17.0. The van der Waals surface area contributed by atoms with E-state index < -0.39 is 23.7 Å². The summed E-state index contributed by atoms with van der Waals surface area (Å²) >= 11 is 6.72. The Hall–Kier alpha value is -3.88. The third-order valence-electron chi connectivity index (χ3n) is 9.56. The van der Waals surface area contributed by atoms with Crippen LogP contribution in [0.1, 0.15) is 24.8 Å². The van der Waals surface area contributed by atoms with Gasteiger partial charge in [0.15, 0.2) is 5.82 Å². The minimum atomic E-state index is -0.921. The summed E-state index contributed by atoms with van der Waals surface area (Å²) in [7, 11) is 0. The Morgan fingerprint density at radius 2 is 2.04 bits per heavy atom. The van der Waals surface area contributed by atoms with Crippen LogP contribution < -0.4 is 9.64 Å². The van der Waals surface area contributed by atoms with E-state index in [0.717, 1.165) is 19.4 Å². The van der Waals surface area contributed by atoms with Gasteiger partial charge in [0.25, 0.3) is 0 Å². The van der Waals surface area contributed by atoms with Crippen LogP contribution in [0.5, 0.6) is 6.01 Å². The summed E-state index contributed by atoms with van der Waals surface area (Å²) in [6, 6.07) is 1.68. The molecule has 0 spiro atoms. The molecule has 5 aliphatic heterocycles. The van der Waals surface area contributed by atoms with Gasteiger partial charge in [0.2, 0.25) is 0 Å². The van der Waals surface area contributed by atoms with Crippen molar-refractivity contribution >= 4 is 45.4 Å². The van der Waals surface area contributed by atoms with Crippen LogP contribution in [0.4, 0.5) is 19.4 Å². The van der Waals surface area contributed by atoms with Crippen molar-refractivity contribution in [3.8, 4) is 17.3 Å². The average Bonchev–Trinajstić information content (AvgIpc) is 3.68. The number of alkyl halides is 1. The van der Waals surface area contributed by atoms with Crippen LogP contribution in [-0.4, -0.2) is 107 Å². The third-order valence-corrected chi connectivity index (χ3v) is 9.89. The predicted molar refractivity (Wildman–Crippen MR) is 163 cm³/mol. The molecule has 0 aliphatic carbocycles. The molecule has 1 N–H and O–H groups in total. The molecule has 5 aliphatic rings. The Morgan fingerprint density at radius 3 is 2.96 bits per heavy atom. The molecule has 6 bridgehead atoms. The van der Waals surface area contributed by atoms with Crippen molar-refractivity contribution in [3.05, 3.63) is 34.9 Å². The molecular formula is C31H32ClF2N7O5. The molecule has 242 valence electrons. The fraction of sp³-hybridized carbons (Fsp3) is 0.516. The van der Waals surface area contributed by atoms with Crippen LogP contribution in [0.3, 0.4) is 0 Å². The van der Waals surface area contributed by atoms with Crippen LogP contribution in [0.25, 0.3) is 33.1 Å². The highest BCUT2D eigenvalue weighted by Crippen LogP contribution is 2.42. The lowest BCUT2D eigenvalue weighted by Crippen LogP contribution is -2.43. The maximum atomic E-state index is 17.0. The van der Waals surface area contributed by atoms with Crippen LogP contribution in [0.15, 0.2) is 18.5 Å². The van der Waals surface area contributed by atoms with E-state index >= 15 is 4.39 Å². The van der Waals surface area contributed by atoms with Gasteiger partial charge in [0.05, 0.1) is 42.5 Å². The second kappa shape index (κ2) is 11.7. The van der Waals surface area contributed by atoms with Crippen LogP contribution in [0.2, 0.25) is 5.02 Å². The number of benzene rings is 1. The van der Waals surface area contributed by atoms with Gasteiger partial charge in [-0.2, -0.15) is 15.1 Å². The lowest BCUT2D eigenvalue weighted by atomic mass is 9.95. The zero-order valence-corrected chi connectivity index (χ0v) is 25.7. The molecular weight excluding hydrogens is 624 g/mol. The molecule has 1 unspecified atom stereocenters. The first-order valence-electron chi connectivity index (χ1n) is 15.5. The SMILES string of the molecule is O=C1OCCc2c(Cl)cc3[nH]ncc3c2-c2ncc3c(nc(OC[C@@]45CCCN4C[C@H](F)C5)nc3c2F)N2CCOCC(CO1)C2. The summed E-state index contributed by atoms with van der Waals surface area (Å²) in [4.78, 5) is 30.6. The number of carbonyl (C=O) groups is 1. The van der Waals surface area contributed by atoms with Crippen LogP contribution >= 0.6 is 11.6 Å². The van der Waals surface area contributed by atoms with Crippen molar-refractivity contribution in [1.29, 1.82) is 0 Å². The van der Waals surface area contributed by atoms with Crippen LogP contribution in [0, 0.1) is 11.7 Å². The van der Waals surface area contributed by atoms with Gasteiger partial charge in [-0.3, -0.25) is 15.0 Å². The number of carbonyl (C=O) groups excluding carboxylic acids is 1. The lowest BCUT2D eigenvalue weighted by Gasteiger charge is -2.31. The Morgan fingerprint density at radius 1 is 1.13 bits per heavy atom. The lowest BCUT2D eigenvalue weighted by molar-refractivity contribution is 0.0315. The molecule has 0 saturated carbocycles. The number of aromatic nitrogens is 5. The maximum Gasteiger partial charge on any atom is 0.508 e. The van der Waals surface area contributed by atoms with Gasteiger partial charge in [-0.25, -0.2) is 13.6 Å². The number of nitrogens with one attached hydrogen (secondary N) is 1. The first kappa shape index (κ1) is 29.5. The Kier molecular flexibility index (Phi) is 7.53. The third kappa shape index (κ3) is 5.16. The molecule has 0 amide bonds. The second-order valence-corrected chi connectivity index (χ2v) is 12.9. The zero-order chi connectivity index (χ0) is 31.4. The molecule has 9 rings (SSSR count). The molecule has 1 aromatic carbocycles. The van der Waals surface area contributed by atoms with Gasteiger partial charge < -0.3 is 23.8 Å². The molecule has 46 heavy (non-hydrogen) atoms. The van der Waals surface area contributed by atoms with E-state index in [-0.39, 0.29) is 49.4 Å². The number of ether oxygens (including phenoxy) is 4. The molecule has 15 heteroatoms. The highest BCUT2D eigenvalue weighted by molar-refractivity contribution is 6.33. The number of halogens is 3. The van der Waals surface area contributed by atoms with E-state index in [4.69, 9.17) is 35.5 Å². The highest BCUT2D eigenvalue weighted by Gasteiger charge is 2.49. The van der Waals surface area contributed by atoms with E-state index in [2.05, 4.69) is 25.1 Å². The monoisotopic (exact) mass is 655 g/mol. The second-order valence-electron chi connectivity index (χ2n) is 12.5. The molecule has 4 aromatic rings. The first-order chi connectivity index (χ1) is 22.4. The van der Waals surface area contributed by atoms with Crippen LogP contribution in [-0.2, 0) is 20.6 Å². The molecule has 3 fully saturated rings. The zero-order valence-electron chi connectivity index (χ0n) is 24.9. The Balaban J connectivity index is 1.29. The van der Waals surface area contributed by atoms with Gasteiger partial charge >= 0.3 is 12.2 Å². The smallest absolute Gasteiger partial charge is 0.461 e. The van der Waals surface area contributed by atoms with Crippen molar-refractivity contribution in [2.24, 2.45) is 5.92 Å². The normalized spacial score (nSPS) is 25.5. The van der Waals surface area contributed by atoms with E-state index in [1.807, 2.05) is 4.90 Å². The number of aromatic amines is 1. The van der Waals surface area contributed by atoms with Gasteiger partial charge in [-0.05, 0) is 31.0 Å². The van der Waals surface area contributed by atoms with Gasteiger partial charge in [-0.1, -0.05) is 11.6 Å². The summed E-state index contributed by atoms with van der Waals surface area (Å²) in [6.45, 7) is 2.93. The number of H-pyrrole nitrogens is 1. The summed E-state index contributed by atoms with van der Waals surface area (Å²) in [6.07, 6.45) is 3.71. The fourth-order valence-corrected chi connectivity index (χ4v) is 7.70. The molecule has 12 nitrogen and oxygen atoms in total. The largest absolute Gasteiger partial charge is 0.508 e. The summed E-state index contributed by atoms with van der Waals surface area (Å²) < 4.78 is 54.4. The number of pyridine rings is 1. The van der Waals surface area contributed by atoms with E-state index in [0.29, 0.717) is 77.5 Å². The summed E-state index contributed by atoms with van der Waals surface area (Å²) in [5, 5.41) is 8.35. The number of nitrogens with zero attached hydrogens (tertiary/aromatic N) is 6. The standard InChI is InChI=1S/C31H32ClF2N7O5/c32-22-8-23-20(11-36-39-23)24-19(22)2-6-44-30(42)45-15-17-12-40(5-7-43-14-17)28-21-10-35-27(24)25(34)26(21)37-29(38-28)46-16-31-3-1-4-41(31)13-18(33)9-31/h8,10-11,17-18H,1-7,9,12-16H2,(H,36,39)/t17?,18-,31+/m1/s1. The van der Waals surface area contributed by atoms with Gasteiger partial charge in [-0.15, -0.1) is 0 Å². The quantitative estimate of drug-likeness (QED) is 0.314. The molecule has 3 aromatic heterocycles. The van der Waals surface area contributed by atoms with E-state index in [1.54, 1.807) is 18.5 Å². The fourth-order valence-electron chi connectivity index (χ4n) is 7.40. The van der Waals surface area contributed by atoms with E-state index in [1.165, 1.54) is 0 Å². The van der Waals surface area contributed by atoms with Crippen molar-refractivity contribution in [3.63, 3.8) is 0 Å². The van der Waals surface area contributed by atoms with Crippen molar-refractivity contribution < 1.29 is 32.5 Å². The van der Waals surface area contributed by atoms with Crippen molar-refractivity contribution in [2.75, 3.05) is 64.1 Å². The van der Waals surface area contributed by atoms with Gasteiger partial charge in [0, 0.05) is 60.6 Å².